The lowest BCUT2D eigenvalue weighted by atomic mass is 9.80. The highest BCUT2D eigenvalue weighted by Gasteiger charge is 2.31. The van der Waals surface area contributed by atoms with Gasteiger partial charge in [0.2, 0.25) is 5.82 Å². The molecule has 0 bridgehead atoms. The average molecular weight is 547 g/mol. The fourth-order valence-electron chi connectivity index (χ4n) is 6.13. The number of fused-ring (bicyclic) bond motifs is 1. The second kappa shape index (κ2) is 10.8. The Balaban J connectivity index is 1.10. The highest BCUT2D eigenvalue weighted by molar-refractivity contribution is 9.10. The van der Waals surface area contributed by atoms with Crippen molar-refractivity contribution in [1.82, 2.24) is 24.5 Å². The fraction of sp³-hybridized carbons (Fsp3) is 0.414. The molecule has 0 spiro atoms. The van der Waals surface area contributed by atoms with Crippen LogP contribution in [0, 0.1) is 0 Å². The molecule has 0 amide bonds. The Kier molecular flexibility index (Phi) is 7.12. The first-order chi connectivity index (χ1) is 17.7. The van der Waals surface area contributed by atoms with Crippen molar-refractivity contribution >= 4 is 27.4 Å². The number of aromatic nitrogens is 4. The van der Waals surface area contributed by atoms with Crippen molar-refractivity contribution in [3.63, 3.8) is 0 Å². The summed E-state index contributed by atoms with van der Waals surface area (Å²) in [5.74, 6) is 2.34. The van der Waals surface area contributed by atoms with Gasteiger partial charge in [-0.3, -0.25) is 10.3 Å². The topological polar surface area (TPSA) is 62.9 Å². The van der Waals surface area contributed by atoms with Gasteiger partial charge in [0, 0.05) is 36.0 Å². The van der Waals surface area contributed by atoms with Crippen molar-refractivity contribution in [3.05, 3.63) is 88.4 Å². The van der Waals surface area contributed by atoms with Crippen molar-refractivity contribution in [2.45, 2.75) is 62.9 Å². The molecule has 0 radical (unpaired) electrons. The summed E-state index contributed by atoms with van der Waals surface area (Å²) in [6.45, 7) is 3.18. The number of halogens is 1. The Bertz CT molecular complexity index is 1280. The first-order valence-corrected chi connectivity index (χ1v) is 14.1. The summed E-state index contributed by atoms with van der Waals surface area (Å²) < 4.78 is 2.90. The molecule has 36 heavy (non-hydrogen) atoms. The maximum Gasteiger partial charge on any atom is 0.229 e. The number of benzene rings is 1. The molecule has 4 heterocycles. The van der Waals surface area contributed by atoms with E-state index >= 15 is 0 Å². The second-order valence-corrected chi connectivity index (χ2v) is 11.2. The number of nitrogens with zero attached hydrogens (tertiary/aromatic N) is 5. The molecule has 6 nitrogen and oxygen atoms in total. The molecule has 2 fully saturated rings. The number of nitrogens with two attached hydrogens (primary N) is 1. The van der Waals surface area contributed by atoms with Gasteiger partial charge in [-0.05, 0) is 85.1 Å². The van der Waals surface area contributed by atoms with E-state index in [-0.39, 0.29) is 0 Å². The van der Waals surface area contributed by atoms with Gasteiger partial charge in [-0.2, -0.15) is 9.61 Å². The summed E-state index contributed by atoms with van der Waals surface area (Å²) in [6, 6.07) is 18.2. The van der Waals surface area contributed by atoms with E-state index in [2.05, 4.69) is 78.7 Å². The van der Waals surface area contributed by atoms with Gasteiger partial charge >= 0.3 is 0 Å². The molecule has 1 aliphatic carbocycles. The molecule has 2 aliphatic rings. The lowest BCUT2D eigenvalue weighted by Gasteiger charge is -2.41. The molecule has 1 saturated carbocycles. The van der Waals surface area contributed by atoms with Crippen LogP contribution in [0.3, 0.4) is 0 Å². The first-order valence-electron chi connectivity index (χ1n) is 13.3. The fourth-order valence-corrected chi connectivity index (χ4v) is 6.48. The van der Waals surface area contributed by atoms with Crippen LogP contribution in [-0.4, -0.2) is 43.6 Å². The number of rotatable bonds is 6. The van der Waals surface area contributed by atoms with E-state index in [1.165, 1.54) is 68.4 Å². The molecular weight excluding hydrogens is 512 g/mol. The Labute approximate surface area is 221 Å². The minimum Gasteiger partial charge on any atom is -0.300 e. The Morgan fingerprint density at radius 2 is 1.69 bits per heavy atom. The second-order valence-electron chi connectivity index (χ2n) is 10.3. The van der Waals surface area contributed by atoms with Crippen LogP contribution >= 0.6 is 15.9 Å². The van der Waals surface area contributed by atoms with Crippen LogP contribution < -0.4 is 5.32 Å². The highest BCUT2D eigenvalue weighted by Crippen LogP contribution is 2.37. The molecule has 1 saturated heterocycles. The zero-order valence-corrected chi connectivity index (χ0v) is 22.2. The zero-order chi connectivity index (χ0) is 24.3. The lowest BCUT2D eigenvalue weighted by Crippen LogP contribution is -2.77. The van der Waals surface area contributed by atoms with Crippen LogP contribution in [0.25, 0.3) is 5.65 Å². The third-order valence-electron chi connectivity index (χ3n) is 8.18. The Hall–Kier alpha value is -2.61. The number of pyridine rings is 1. The number of hydrogen-bond donors (Lipinski definition) is 1. The quantitative estimate of drug-likeness (QED) is 0.362. The molecule has 7 heteroatoms. The number of quaternary nitrogens is 1. The summed E-state index contributed by atoms with van der Waals surface area (Å²) in [5, 5.41) is 6.82. The first kappa shape index (κ1) is 23.8. The summed E-state index contributed by atoms with van der Waals surface area (Å²) in [4.78, 5) is 12.1. The van der Waals surface area contributed by atoms with Crippen LogP contribution in [-0.2, 0) is 6.54 Å². The molecule has 186 valence electrons. The number of piperidine rings is 1. The van der Waals surface area contributed by atoms with E-state index in [0.717, 1.165) is 34.4 Å². The van der Waals surface area contributed by atoms with E-state index in [4.69, 9.17) is 4.98 Å². The smallest absolute Gasteiger partial charge is 0.229 e. The highest BCUT2D eigenvalue weighted by atomic mass is 79.9. The minimum absolute atomic E-state index is 0.499. The average Bonchev–Trinajstić information content (AvgIpc) is 3.33. The SMILES string of the molecule is Brc1cnn2c([NH2+]Cc3cccnc3)cc(C3CCN(C4CCC(c5ccccc5)CC4)CC3)nc12. The monoisotopic (exact) mass is 545 g/mol. The van der Waals surface area contributed by atoms with Crippen LogP contribution in [0.2, 0.25) is 0 Å². The van der Waals surface area contributed by atoms with Gasteiger partial charge in [-0.25, -0.2) is 4.98 Å². The van der Waals surface area contributed by atoms with Crippen molar-refractivity contribution in [2.24, 2.45) is 0 Å². The minimum atomic E-state index is 0.499. The molecule has 4 aromatic rings. The van der Waals surface area contributed by atoms with Gasteiger partial charge in [-0.1, -0.05) is 36.4 Å². The molecule has 0 unspecified atom stereocenters. The summed E-state index contributed by atoms with van der Waals surface area (Å²) in [5.41, 5.74) is 4.84. The predicted molar refractivity (Wildman–Crippen MR) is 145 cm³/mol. The van der Waals surface area contributed by atoms with Crippen molar-refractivity contribution in [3.8, 4) is 0 Å². The van der Waals surface area contributed by atoms with Gasteiger partial charge in [0.15, 0.2) is 5.65 Å². The summed E-state index contributed by atoms with van der Waals surface area (Å²) >= 11 is 3.66. The maximum absolute atomic E-state index is 5.06. The van der Waals surface area contributed by atoms with Crippen molar-refractivity contribution in [1.29, 1.82) is 0 Å². The van der Waals surface area contributed by atoms with Gasteiger partial charge in [-0.15, -0.1) is 0 Å². The van der Waals surface area contributed by atoms with Crippen molar-refractivity contribution in [2.75, 3.05) is 13.1 Å². The van der Waals surface area contributed by atoms with E-state index in [9.17, 15) is 0 Å². The van der Waals surface area contributed by atoms with Gasteiger partial charge in [0.1, 0.15) is 6.54 Å². The van der Waals surface area contributed by atoms with E-state index in [0.29, 0.717) is 5.92 Å². The maximum atomic E-state index is 5.06. The van der Waals surface area contributed by atoms with Crippen LogP contribution in [0.4, 0.5) is 5.82 Å². The van der Waals surface area contributed by atoms with E-state index < -0.39 is 0 Å². The van der Waals surface area contributed by atoms with Gasteiger partial charge in [0.25, 0.3) is 0 Å². The molecule has 3 aromatic heterocycles. The molecule has 2 N–H and O–H groups in total. The molecule has 0 atom stereocenters. The predicted octanol–water partition coefficient (Wildman–Crippen LogP) is 5.19. The largest absolute Gasteiger partial charge is 0.300 e. The van der Waals surface area contributed by atoms with Crippen molar-refractivity contribution < 1.29 is 5.32 Å². The third kappa shape index (κ3) is 5.10. The van der Waals surface area contributed by atoms with E-state index in [1.54, 1.807) is 0 Å². The Morgan fingerprint density at radius 1 is 0.889 bits per heavy atom. The summed E-state index contributed by atoms with van der Waals surface area (Å²) in [7, 11) is 0. The Morgan fingerprint density at radius 3 is 2.44 bits per heavy atom. The molecule has 1 aromatic carbocycles. The zero-order valence-electron chi connectivity index (χ0n) is 20.6. The normalized spacial score (nSPS) is 21.7. The van der Waals surface area contributed by atoms with E-state index in [1.807, 2.05) is 29.2 Å². The molecular formula is C29H34BrN6+. The van der Waals surface area contributed by atoms with Crippen LogP contribution in [0.1, 0.15) is 67.2 Å². The number of likely N-dealkylation sites (tertiary alicyclic amines) is 1. The van der Waals surface area contributed by atoms with Gasteiger partial charge in [0.05, 0.1) is 16.4 Å². The number of hydrogen-bond acceptors (Lipinski definition) is 4. The standard InChI is InChI=1S/C29H33BrN6/c30-26-20-33-36-28(32-19-21-5-4-14-31-18-21)17-27(34-29(26)36)24-12-15-35(16-13-24)25-10-8-23(9-11-25)22-6-2-1-3-7-22/h1-7,14,17-18,20,23-25,32H,8-13,15-16,19H2/p+1. The lowest BCUT2D eigenvalue weighted by molar-refractivity contribution is -0.593. The molecule has 1 aliphatic heterocycles. The summed E-state index contributed by atoms with van der Waals surface area (Å²) in [6.07, 6.45) is 13.2. The van der Waals surface area contributed by atoms with Gasteiger partial charge < -0.3 is 4.90 Å². The van der Waals surface area contributed by atoms with Crippen LogP contribution in [0.15, 0.2) is 71.6 Å². The molecule has 6 rings (SSSR count). The van der Waals surface area contributed by atoms with Crippen LogP contribution in [0.5, 0.6) is 0 Å². The third-order valence-corrected chi connectivity index (χ3v) is 8.74.